The molecular weight excluding hydrogens is 294 g/mol. The van der Waals surface area contributed by atoms with E-state index in [0.717, 1.165) is 32.5 Å². The van der Waals surface area contributed by atoms with Crippen LogP contribution in [0.3, 0.4) is 0 Å². The van der Waals surface area contributed by atoms with Crippen LogP contribution < -0.4 is 10.6 Å². The maximum absolute atomic E-state index is 11.8. The summed E-state index contributed by atoms with van der Waals surface area (Å²) < 4.78 is 4.83. The molecule has 6 heteroatoms. The lowest BCUT2D eigenvalue weighted by molar-refractivity contribution is -0.139. The molecule has 126 valence electrons. The summed E-state index contributed by atoms with van der Waals surface area (Å²) in [6.45, 7) is 3.52. The molecule has 2 N–H and O–H groups in total. The van der Waals surface area contributed by atoms with Crippen LogP contribution >= 0.6 is 0 Å². The summed E-state index contributed by atoms with van der Waals surface area (Å²) in [5, 5.41) is 5.34. The number of carbonyl (C=O) groups is 2. The molecule has 23 heavy (non-hydrogen) atoms. The average Bonchev–Trinajstić information content (AvgIpc) is 2.57. The van der Waals surface area contributed by atoms with Gasteiger partial charge in [0.1, 0.15) is 0 Å². The van der Waals surface area contributed by atoms with Crippen LogP contribution in [-0.4, -0.2) is 56.1 Å². The zero-order valence-corrected chi connectivity index (χ0v) is 13.6. The van der Waals surface area contributed by atoms with Crippen molar-refractivity contribution in [3.05, 3.63) is 35.9 Å². The van der Waals surface area contributed by atoms with E-state index in [-0.39, 0.29) is 6.04 Å². The topological polar surface area (TPSA) is 70.7 Å². The fourth-order valence-corrected chi connectivity index (χ4v) is 2.67. The minimum Gasteiger partial charge on any atom is -0.383 e. The van der Waals surface area contributed by atoms with Gasteiger partial charge in [-0.05, 0) is 18.4 Å². The van der Waals surface area contributed by atoms with Gasteiger partial charge in [-0.25, -0.2) is 0 Å². The summed E-state index contributed by atoms with van der Waals surface area (Å²) >= 11 is 0. The number of hydrogen-bond acceptors (Lipinski definition) is 4. The molecule has 1 aliphatic heterocycles. The number of hydrogen-bond donors (Lipinski definition) is 2. The molecule has 1 heterocycles. The second-order valence-electron chi connectivity index (χ2n) is 5.76. The van der Waals surface area contributed by atoms with Gasteiger partial charge in [0.15, 0.2) is 0 Å². The predicted molar refractivity (Wildman–Crippen MR) is 87.8 cm³/mol. The van der Waals surface area contributed by atoms with Crippen molar-refractivity contribution in [2.75, 3.05) is 33.4 Å². The van der Waals surface area contributed by atoms with Gasteiger partial charge in [0, 0.05) is 39.3 Å². The number of rotatable bonds is 6. The van der Waals surface area contributed by atoms with Gasteiger partial charge >= 0.3 is 11.8 Å². The number of ether oxygens (including phenoxy) is 1. The first-order chi connectivity index (χ1) is 11.2. The number of nitrogens with zero attached hydrogens (tertiary/aromatic N) is 1. The Hall–Kier alpha value is -1.92. The molecule has 0 spiro atoms. The van der Waals surface area contributed by atoms with E-state index in [4.69, 9.17) is 4.74 Å². The Morgan fingerprint density at radius 3 is 2.52 bits per heavy atom. The van der Waals surface area contributed by atoms with E-state index in [9.17, 15) is 9.59 Å². The minimum atomic E-state index is -0.589. The third kappa shape index (κ3) is 6.00. The first-order valence-corrected chi connectivity index (χ1v) is 8.03. The highest BCUT2D eigenvalue weighted by molar-refractivity contribution is 6.35. The van der Waals surface area contributed by atoms with Gasteiger partial charge in [0.2, 0.25) is 0 Å². The molecule has 0 aliphatic carbocycles. The largest absolute Gasteiger partial charge is 0.383 e. The van der Waals surface area contributed by atoms with Crippen molar-refractivity contribution in [1.82, 2.24) is 15.5 Å². The molecule has 2 amide bonds. The number of piperidine rings is 1. The van der Waals surface area contributed by atoms with Crippen molar-refractivity contribution in [2.24, 2.45) is 0 Å². The average molecular weight is 319 g/mol. The summed E-state index contributed by atoms with van der Waals surface area (Å²) in [7, 11) is 1.55. The highest BCUT2D eigenvalue weighted by Gasteiger charge is 2.23. The molecule has 6 nitrogen and oxygen atoms in total. The first-order valence-electron chi connectivity index (χ1n) is 8.03. The van der Waals surface area contributed by atoms with Gasteiger partial charge in [0.25, 0.3) is 0 Å². The lowest BCUT2D eigenvalue weighted by Crippen LogP contribution is -2.49. The van der Waals surface area contributed by atoms with Crippen LogP contribution in [0.15, 0.2) is 30.3 Å². The summed E-state index contributed by atoms with van der Waals surface area (Å²) in [4.78, 5) is 25.8. The highest BCUT2D eigenvalue weighted by Crippen LogP contribution is 2.13. The number of methoxy groups -OCH3 is 1. The second kappa shape index (κ2) is 9.27. The summed E-state index contributed by atoms with van der Waals surface area (Å²) in [6.07, 6.45) is 1.73. The monoisotopic (exact) mass is 319 g/mol. The zero-order chi connectivity index (χ0) is 16.5. The van der Waals surface area contributed by atoms with E-state index in [1.165, 1.54) is 5.56 Å². The normalized spacial score (nSPS) is 16.0. The molecule has 1 aliphatic rings. The SMILES string of the molecule is COCCNC(=O)C(=O)NC1CCN(Cc2ccccc2)CC1. The zero-order valence-electron chi connectivity index (χ0n) is 13.6. The summed E-state index contributed by atoms with van der Waals surface area (Å²) in [5.41, 5.74) is 1.30. The molecule has 1 aromatic carbocycles. The van der Waals surface area contributed by atoms with Crippen LogP contribution in [0.5, 0.6) is 0 Å². The van der Waals surface area contributed by atoms with Gasteiger partial charge in [-0.3, -0.25) is 14.5 Å². The van der Waals surface area contributed by atoms with Crippen LogP contribution in [-0.2, 0) is 20.9 Å². The maximum Gasteiger partial charge on any atom is 0.309 e. The molecular formula is C17H25N3O3. The van der Waals surface area contributed by atoms with Gasteiger partial charge in [-0.1, -0.05) is 30.3 Å². The van der Waals surface area contributed by atoms with Gasteiger partial charge in [-0.2, -0.15) is 0 Å². The Bertz CT molecular complexity index is 499. The second-order valence-corrected chi connectivity index (χ2v) is 5.76. The van der Waals surface area contributed by atoms with Gasteiger partial charge in [-0.15, -0.1) is 0 Å². The lowest BCUT2D eigenvalue weighted by atomic mass is 10.0. The third-order valence-corrected chi connectivity index (χ3v) is 3.97. The molecule has 0 saturated carbocycles. The van der Waals surface area contributed by atoms with Crippen molar-refractivity contribution < 1.29 is 14.3 Å². The van der Waals surface area contributed by atoms with Crippen molar-refractivity contribution in [3.8, 4) is 0 Å². The number of likely N-dealkylation sites (tertiary alicyclic amines) is 1. The van der Waals surface area contributed by atoms with Gasteiger partial charge < -0.3 is 15.4 Å². The van der Waals surface area contributed by atoms with Crippen LogP contribution in [0.2, 0.25) is 0 Å². The molecule has 1 saturated heterocycles. The predicted octanol–water partition coefficient (Wildman–Crippen LogP) is 0.530. The van der Waals surface area contributed by atoms with E-state index < -0.39 is 11.8 Å². The third-order valence-electron chi connectivity index (χ3n) is 3.97. The van der Waals surface area contributed by atoms with E-state index >= 15 is 0 Å². The Kier molecular flexibility index (Phi) is 7.03. The van der Waals surface area contributed by atoms with E-state index in [1.54, 1.807) is 7.11 Å². The van der Waals surface area contributed by atoms with Crippen LogP contribution in [0.4, 0.5) is 0 Å². The number of nitrogens with one attached hydrogen (secondary N) is 2. The van der Waals surface area contributed by atoms with Crippen LogP contribution in [0, 0.1) is 0 Å². The van der Waals surface area contributed by atoms with E-state index in [2.05, 4.69) is 27.7 Å². The first kappa shape index (κ1) is 17.4. The Morgan fingerprint density at radius 1 is 1.17 bits per heavy atom. The van der Waals surface area contributed by atoms with Crippen molar-refractivity contribution in [2.45, 2.75) is 25.4 Å². The molecule has 0 bridgehead atoms. The highest BCUT2D eigenvalue weighted by atomic mass is 16.5. The number of carbonyl (C=O) groups excluding carboxylic acids is 2. The number of benzene rings is 1. The summed E-state index contributed by atoms with van der Waals surface area (Å²) in [5.74, 6) is -1.14. The van der Waals surface area contributed by atoms with Crippen LogP contribution in [0.25, 0.3) is 0 Å². The Balaban J connectivity index is 1.68. The maximum atomic E-state index is 11.8. The molecule has 2 rings (SSSR count). The fourth-order valence-electron chi connectivity index (χ4n) is 2.67. The minimum absolute atomic E-state index is 0.0719. The van der Waals surface area contributed by atoms with Crippen molar-refractivity contribution in [1.29, 1.82) is 0 Å². The van der Waals surface area contributed by atoms with E-state index in [1.807, 2.05) is 18.2 Å². The molecule has 1 aromatic rings. The number of amides is 2. The van der Waals surface area contributed by atoms with E-state index in [0.29, 0.717) is 13.2 Å². The Morgan fingerprint density at radius 2 is 1.87 bits per heavy atom. The van der Waals surface area contributed by atoms with Crippen molar-refractivity contribution >= 4 is 11.8 Å². The fraction of sp³-hybridized carbons (Fsp3) is 0.529. The molecule has 0 atom stereocenters. The summed E-state index contributed by atoms with van der Waals surface area (Å²) in [6, 6.07) is 10.4. The quantitative estimate of drug-likeness (QED) is 0.593. The van der Waals surface area contributed by atoms with Crippen LogP contribution in [0.1, 0.15) is 18.4 Å². The molecule has 1 fully saturated rings. The standard InChI is InChI=1S/C17H25N3O3/c1-23-12-9-18-16(21)17(22)19-15-7-10-20(11-8-15)13-14-5-3-2-4-6-14/h2-6,15H,7-13H2,1H3,(H,18,21)(H,19,22). The lowest BCUT2D eigenvalue weighted by Gasteiger charge is -2.32. The Labute approximate surface area is 137 Å². The smallest absolute Gasteiger partial charge is 0.309 e. The molecule has 0 aromatic heterocycles. The van der Waals surface area contributed by atoms with Crippen molar-refractivity contribution in [3.63, 3.8) is 0 Å². The molecule has 0 unspecified atom stereocenters. The molecule has 0 radical (unpaired) electrons. The van der Waals surface area contributed by atoms with Gasteiger partial charge in [0.05, 0.1) is 6.61 Å².